The molecule has 24 heavy (non-hydrogen) atoms. The summed E-state index contributed by atoms with van der Waals surface area (Å²) >= 11 is 12.3. The predicted molar refractivity (Wildman–Crippen MR) is 94.6 cm³/mol. The lowest BCUT2D eigenvalue weighted by molar-refractivity contribution is 0.317. The van der Waals surface area contributed by atoms with Crippen LogP contribution in [0.4, 0.5) is 0 Å². The van der Waals surface area contributed by atoms with E-state index in [1.54, 1.807) is 18.2 Å². The normalized spacial score (nSPS) is 10.8. The Kier molecular flexibility index (Phi) is 5.33. The Morgan fingerprint density at radius 3 is 2.42 bits per heavy atom. The van der Waals surface area contributed by atoms with Gasteiger partial charge in [0.2, 0.25) is 5.82 Å². The number of ether oxygens (including phenoxy) is 1. The fraction of sp³-hybridized carbons (Fsp3) is 0.235. The Labute approximate surface area is 150 Å². The first-order chi connectivity index (χ1) is 11.7. The van der Waals surface area contributed by atoms with Crippen molar-refractivity contribution in [1.82, 2.24) is 20.2 Å². The van der Waals surface area contributed by atoms with Gasteiger partial charge in [-0.3, -0.25) is 0 Å². The molecule has 124 valence electrons. The van der Waals surface area contributed by atoms with Gasteiger partial charge in [0, 0.05) is 21.2 Å². The summed E-state index contributed by atoms with van der Waals surface area (Å²) in [4.78, 5) is 1.48. The predicted octanol–water partition coefficient (Wildman–Crippen LogP) is 4.48. The van der Waals surface area contributed by atoms with Crippen molar-refractivity contribution in [1.29, 1.82) is 0 Å². The molecule has 0 aliphatic carbocycles. The number of halogens is 2. The second-order valence-corrected chi connectivity index (χ2v) is 6.03. The minimum atomic E-state index is 0.364. The van der Waals surface area contributed by atoms with E-state index in [2.05, 4.69) is 22.3 Å². The summed E-state index contributed by atoms with van der Waals surface area (Å²) in [7, 11) is 0. The van der Waals surface area contributed by atoms with Crippen LogP contribution in [0.1, 0.15) is 18.9 Å². The molecule has 0 bridgehead atoms. The van der Waals surface area contributed by atoms with E-state index in [1.165, 1.54) is 4.80 Å². The number of hydrogen-bond donors (Lipinski definition) is 0. The Balaban J connectivity index is 1.76. The van der Waals surface area contributed by atoms with Crippen LogP contribution in [0.3, 0.4) is 0 Å². The zero-order chi connectivity index (χ0) is 16.9. The Bertz CT molecular complexity index is 797. The van der Waals surface area contributed by atoms with Gasteiger partial charge in [-0.25, -0.2) is 0 Å². The summed E-state index contributed by atoms with van der Waals surface area (Å²) in [5.41, 5.74) is 1.64. The highest BCUT2D eigenvalue weighted by Gasteiger charge is 2.10. The Morgan fingerprint density at radius 1 is 1.04 bits per heavy atom. The molecule has 0 unspecified atom stereocenters. The number of hydrogen-bond acceptors (Lipinski definition) is 4. The van der Waals surface area contributed by atoms with E-state index in [1.807, 2.05) is 24.3 Å². The van der Waals surface area contributed by atoms with Crippen molar-refractivity contribution in [3.63, 3.8) is 0 Å². The zero-order valence-electron chi connectivity index (χ0n) is 13.1. The minimum absolute atomic E-state index is 0.364. The molecule has 1 aromatic heterocycles. The van der Waals surface area contributed by atoms with Gasteiger partial charge in [0.05, 0.1) is 13.2 Å². The maximum Gasteiger partial charge on any atom is 0.204 e. The molecule has 3 rings (SSSR count). The highest BCUT2D eigenvalue weighted by molar-refractivity contribution is 6.35. The average molecular weight is 363 g/mol. The minimum Gasteiger partial charge on any atom is -0.494 e. The first-order valence-corrected chi connectivity index (χ1v) is 8.37. The summed E-state index contributed by atoms with van der Waals surface area (Å²) in [5, 5.41) is 13.7. The third-order valence-corrected chi connectivity index (χ3v) is 4.11. The fourth-order valence-corrected chi connectivity index (χ4v) is 2.69. The molecule has 0 saturated heterocycles. The van der Waals surface area contributed by atoms with Gasteiger partial charge < -0.3 is 4.74 Å². The van der Waals surface area contributed by atoms with Crippen LogP contribution in [0.15, 0.2) is 42.5 Å². The molecule has 1 heterocycles. The average Bonchev–Trinajstić information content (AvgIpc) is 3.05. The summed E-state index contributed by atoms with van der Waals surface area (Å²) in [6.45, 7) is 3.14. The van der Waals surface area contributed by atoms with E-state index in [4.69, 9.17) is 27.9 Å². The van der Waals surface area contributed by atoms with Crippen LogP contribution in [0, 0.1) is 0 Å². The van der Waals surface area contributed by atoms with Crippen molar-refractivity contribution < 1.29 is 4.74 Å². The Hall–Kier alpha value is -2.11. The molecule has 0 atom stereocenters. The smallest absolute Gasteiger partial charge is 0.204 e. The third kappa shape index (κ3) is 3.86. The summed E-state index contributed by atoms with van der Waals surface area (Å²) < 4.78 is 5.57. The molecule has 7 heteroatoms. The molecule has 0 N–H and O–H groups in total. The molecule has 5 nitrogen and oxygen atoms in total. The first-order valence-electron chi connectivity index (χ1n) is 7.61. The molecule has 0 radical (unpaired) electrons. The van der Waals surface area contributed by atoms with Crippen molar-refractivity contribution in [2.75, 3.05) is 6.61 Å². The lowest BCUT2D eigenvalue weighted by Crippen LogP contribution is -2.05. The van der Waals surface area contributed by atoms with Gasteiger partial charge in [0.1, 0.15) is 5.75 Å². The third-order valence-electron chi connectivity index (χ3n) is 3.40. The lowest BCUT2D eigenvalue weighted by atomic mass is 10.2. The fourth-order valence-electron chi connectivity index (χ4n) is 2.17. The maximum absolute atomic E-state index is 6.17. The molecule has 0 aliphatic rings. The van der Waals surface area contributed by atoms with Crippen LogP contribution >= 0.6 is 23.2 Å². The molecule has 0 saturated carbocycles. The SMILES string of the molecule is CCCOc1ccc(-c2nnn(Cc3c(Cl)cccc3Cl)n2)cc1. The van der Waals surface area contributed by atoms with Crippen LogP contribution in [0.25, 0.3) is 11.4 Å². The standard InChI is InChI=1S/C17H16Cl2N4O/c1-2-10-24-13-8-6-12(7-9-13)17-20-22-23(21-17)11-14-15(18)4-3-5-16(14)19/h3-9H,2,10-11H2,1H3. The van der Waals surface area contributed by atoms with Gasteiger partial charge in [-0.05, 0) is 48.0 Å². The van der Waals surface area contributed by atoms with Gasteiger partial charge in [-0.1, -0.05) is 36.2 Å². The van der Waals surface area contributed by atoms with Crippen LogP contribution < -0.4 is 4.74 Å². The number of tetrazole rings is 1. The second kappa shape index (κ2) is 7.64. The monoisotopic (exact) mass is 362 g/mol. The van der Waals surface area contributed by atoms with Crippen LogP contribution in [0.5, 0.6) is 5.75 Å². The van der Waals surface area contributed by atoms with Crippen LogP contribution in [-0.2, 0) is 6.54 Å². The second-order valence-electron chi connectivity index (χ2n) is 5.22. The number of nitrogens with zero attached hydrogens (tertiary/aromatic N) is 4. The van der Waals surface area contributed by atoms with E-state index in [-0.39, 0.29) is 0 Å². The van der Waals surface area contributed by atoms with Gasteiger partial charge in [-0.2, -0.15) is 4.80 Å². The molecule has 0 spiro atoms. The number of aromatic nitrogens is 4. The zero-order valence-corrected chi connectivity index (χ0v) is 14.6. The Morgan fingerprint density at radius 2 is 1.75 bits per heavy atom. The summed E-state index contributed by atoms with van der Waals surface area (Å²) in [6.07, 6.45) is 0.974. The van der Waals surface area contributed by atoms with Crippen LogP contribution in [-0.4, -0.2) is 26.8 Å². The van der Waals surface area contributed by atoms with Gasteiger partial charge in [0.25, 0.3) is 0 Å². The first kappa shape index (κ1) is 16.7. The maximum atomic E-state index is 6.17. The number of benzene rings is 2. The largest absolute Gasteiger partial charge is 0.494 e. The molecule has 3 aromatic rings. The lowest BCUT2D eigenvalue weighted by Gasteiger charge is -2.05. The molecule has 0 amide bonds. The van der Waals surface area contributed by atoms with Crippen molar-refractivity contribution in [3.05, 3.63) is 58.1 Å². The molecular formula is C17H16Cl2N4O. The van der Waals surface area contributed by atoms with Crippen molar-refractivity contribution in [2.24, 2.45) is 0 Å². The van der Waals surface area contributed by atoms with Crippen LogP contribution in [0.2, 0.25) is 10.0 Å². The quantitative estimate of drug-likeness (QED) is 0.648. The van der Waals surface area contributed by atoms with Gasteiger partial charge in [0.15, 0.2) is 0 Å². The molecule has 2 aromatic carbocycles. The highest BCUT2D eigenvalue weighted by Crippen LogP contribution is 2.25. The van der Waals surface area contributed by atoms with E-state index >= 15 is 0 Å². The van der Waals surface area contributed by atoms with Gasteiger partial charge >= 0.3 is 0 Å². The molecular weight excluding hydrogens is 347 g/mol. The molecule has 0 aliphatic heterocycles. The summed E-state index contributed by atoms with van der Waals surface area (Å²) in [6, 6.07) is 13.0. The van der Waals surface area contributed by atoms with Crippen molar-refractivity contribution >= 4 is 23.2 Å². The topological polar surface area (TPSA) is 52.8 Å². The van der Waals surface area contributed by atoms with E-state index in [0.717, 1.165) is 23.3 Å². The van der Waals surface area contributed by atoms with Crippen molar-refractivity contribution in [3.8, 4) is 17.1 Å². The van der Waals surface area contributed by atoms with Gasteiger partial charge in [-0.15, -0.1) is 10.2 Å². The number of rotatable bonds is 6. The highest BCUT2D eigenvalue weighted by atomic mass is 35.5. The van der Waals surface area contributed by atoms with E-state index in [9.17, 15) is 0 Å². The summed E-state index contributed by atoms with van der Waals surface area (Å²) in [5.74, 6) is 1.37. The van der Waals surface area contributed by atoms with E-state index in [0.29, 0.717) is 29.0 Å². The molecule has 0 fully saturated rings. The van der Waals surface area contributed by atoms with Crippen molar-refractivity contribution in [2.45, 2.75) is 19.9 Å². The van der Waals surface area contributed by atoms with E-state index < -0.39 is 0 Å².